The predicted molar refractivity (Wildman–Crippen MR) is 180 cm³/mol. The molecule has 1 aliphatic rings. The number of nitrogens with one attached hydrogen (secondary N) is 2. The number of amides is 3. The number of unbranched alkanes of at least 4 members (excludes halogenated alkanes) is 4. The Bertz CT molecular complexity index is 1330. The highest BCUT2D eigenvalue weighted by atomic mass is 32.1. The highest BCUT2D eigenvalue weighted by Crippen LogP contribution is 2.28. The number of nitrogens with zero attached hydrogens (tertiary/aromatic N) is 2. The molecule has 11 heteroatoms. The summed E-state index contributed by atoms with van der Waals surface area (Å²) in [5.41, 5.74) is 3.69. The van der Waals surface area contributed by atoms with Crippen molar-refractivity contribution >= 4 is 35.0 Å². The number of β-amino-alcohol motifs (C(OH)–C–C–N with tert-alkyl or cyclic N) is 1. The van der Waals surface area contributed by atoms with Crippen LogP contribution in [0.25, 0.3) is 10.4 Å². The summed E-state index contributed by atoms with van der Waals surface area (Å²) in [5.74, 6) is -1.12. The van der Waals surface area contributed by atoms with Gasteiger partial charge >= 0.3 is 5.97 Å². The number of carbonyl (C=O) groups excluding carboxylic acids is 4. The third kappa shape index (κ3) is 11.5. The standard InChI is InChI=1S/C35H52N4O6S/c1-23-30(46-22-37-23)25-17-15-24(16-18-25)20-36-32(43)27-19-26(40)21-39(27)33(44)31(34(2,3)4)38-28(41)13-11-9-8-10-12-14-29(42)45-35(5,6)7/h15-18,22,26-27,31,40H,8-14,19-21H2,1-7H3,(H,36,43)(H,38,41). The molecule has 2 aromatic rings. The summed E-state index contributed by atoms with van der Waals surface area (Å²) >= 11 is 1.58. The lowest BCUT2D eigenvalue weighted by atomic mass is 9.85. The highest BCUT2D eigenvalue weighted by molar-refractivity contribution is 7.13. The Balaban J connectivity index is 1.49. The van der Waals surface area contributed by atoms with Crippen LogP contribution in [0, 0.1) is 12.3 Å². The quantitative estimate of drug-likeness (QED) is 0.185. The molecule has 1 fully saturated rings. The number of aliphatic hydroxyl groups excluding tert-OH is 1. The second-order valence-electron chi connectivity index (χ2n) is 14.3. The van der Waals surface area contributed by atoms with Crippen molar-refractivity contribution < 1.29 is 29.0 Å². The minimum absolute atomic E-state index is 0.0333. The van der Waals surface area contributed by atoms with E-state index in [0.717, 1.165) is 47.4 Å². The van der Waals surface area contributed by atoms with Gasteiger partial charge in [-0.1, -0.05) is 64.3 Å². The summed E-state index contributed by atoms with van der Waals surface area (Å²) in [6.07, 6.45) is 4.01. The number of thiazole rings is 1. The second kappa shape index (κ2) is 16.5. The lowest BCUT2D eigenvalue weighted by molar-refractivity contribution is -0.155. The van der Waals surface area contributed by atoms with Crippen molar-refractivity contribution in [3.8, 4) is 10.4 Å². The molecule has 0 aliphatic carbocycles. The fourth-order valence-electron chi connectivity index (χ4n) is 5.49. The average Bonchev–Trinajstić information content (AvgIpc) is 3.57. The Morgan fingerprint density at radius 2 is 1.63 bits per heavy atom. The first-order chi connectivity index (χ1) is 21.5. The van der Waals surface area contributed by atoms with Gasteiger partial charge in [0.2, 0.25) is 17.7 Å². The van der Waals surface area contributed by atoms with Crippen molar-refractivity contribution in [1.29, 1.82) is 0 Å². The topological polar surface area (TPSA) is 138 Å². The Morgan fingerprint density at radius 1 is 1.00 bits per heavy atom. The zero-order valence-electron chi connectivity index (χ0n) is 28.5. The van der Waals surface area contributed by atoms with E-state index in [2.05, 4.69) is 15.6 Å². The molecule has 254 valence electrons. The molecule has 1 aromatic heterocycles. The van der Waals surface area contributed by atoms with E-state index in [1.165, 1.54) is 4.90 Å². The molecule has 10 nitrogen and oxygen atoms in total. The molecular weight excluding hydrogens is 604 g/mol. The smallest absolute Gasteiger partial charge is 0.306 e. The van der Waals surface area contributed by atoms with E-state index in [-0.39, 0.29) is 49.6 Å². The van der Waals surface area contributed by atoms with Crippen LogP contribution in [0.1, 0.15) is 104 Å². The largest absolute Gasteiger partial charge is 0.460 e. The van der Waals surface area contributed by atoms with Crippen LogP contribution in [-0.4, -0.2) is 69.0 Å². The monoisotopic (exact) mass is 656 g/mol. The SMILES string of the molecule is Cc1ncsc1-c1ccc(CNC(=O)C2CC(O)CN2C(=O)C(NC(=O)CCCCCCCC(=O)OC(C)(C)C)C(C)(C)C)cc1. The first-order valence-electron chi connectivity index (χ1n) is 16.3. The summed E-state index contributed by atoms with van der Waals surface area (Å²) in [4.78, 5) is 58.7. The summed E-state index contributed by atoms with van der Waals surface area (Å²) in [6, 6.07) is 6.23. The van der Waals surface area contributed by atoms with Crippen LogP contribution in [0.15, 0.2) is 29.8 Å². The maximum absolute atomic E-state index is 13.8. The van der Waals surface area contributed by atoms with Gasteiger partial charge in [0.25, 0.3) is 0 Å². The fourth-order valence-corrected chi connectivity index (χ4v) is 6.30. The van der Waals surface area contributed by atoms with Gasteiger partial charge in [0.05, 0.1) is 22.2 Å². The molecular formula is C35H52N4O6S. The van der Waals surface area contributed by atoms with Crippen molar-refractivity contribution in [2.45, 2.75) is 130 Å². The molecule has 1 aromatic carbocycles. The third-order valence-electron chi connectivity index (χ3n) is 7.92. The maximum atomic E-state index is 13.8. The zero-order valence-corrected chi connectivity index (χ0v) is 29.3. The fraction of sp³-hybridized carbons (Fsp3) is 0.629. The van der Waals surface area contributed by atoms with E-state index in [9.17, 15) is 24.3 Å². The number of likely N-dealkylation sites (tertiary alicyclic amines) is 1. The Kier molecular flexibility index (Phi) is 13.3. The molecule has 3 N–H and O–H groups in total. The van der Waals surface area contributed by atoms with Crippen LogP contribution in [0.2, 0.25) is 0 Å². The number of benzene rings is 1. The van der Waals surface area contributed by atoms with E-state index in [4.69, 9.17) is 4.74 Å². The Labute approximate surface area is 277 Å². The molecule has 1 aliphatic heterocycles. The van der Waals surface area contributed by atoms with E-state index in [1.54, 1.807) is 11.3 Å². The Hall–Kier alpha value is -3.31. The summed E-state index contributed by atoms with van der Waals surface area (Å²) in [5, 5.41) is 16.3. The van der Waals surface area contributed by atoms with Crippen LogP contribution in [0.4, 0.5) is 0 Å². The first kappa shape index (κ1) is 37.2. The van der Waals surface area contributed by atoms with Gasteiger partial charge in [-0.3, -0.25) is 19.2 Å². The van der Waals surface area contributed by atoms with E-state index >= 15 is 0 Å². The summed E-state index contributed by atoms with van der Waals surface area (Å²) < 4.78 is 5.33. The third-order valence-corrected chi connectivity index (χ3v) is 8.89. The van der Waals surface area contributed by atoms with Crippen molar-refractivity contribution in [2.24, 2.45) is 5.41 Å². The molecule has 3 unspecified atom stereocenters. The van der Waals surface area contributed by atoms with Crippen LogP contribution < -0.4 is 10.6 Å². The van der Waals surface area contributed by atoms with Crippen molar-refractivity contribution in [2.75, 3.05) is 6.54 Å². The molecule has 3 atom stereocenters. The van der Waals surface area contributed by atoms with Gasteiger partial charge < -0.3 is 25.4 Å². The van der Waals surface area contributed by atoms with E-state index in [1.807, 2.05) is 78.2 Å². The van der Waals surface area contributed by atoms with Crippen LogP contribution in [0.5, 0.6) is 0 Å². The van der Waals surface area contributed by atoms with Crippen molar-refractivity contribution in [3.63, 3.8) is 0 Å². The normalized spacial score (nSPS) is 17.4. The number of aliphatic hydroxyl groups is 1. The first-order valence-corrected chi connectivity index (χ1v) is 17.2. The van der Waals surface area contributed by atoms with Gasteiger partial charge in [0.1, 0.15) is 17.7 Å². The minimum Gasteiger partial charge on any atom is -0.460 e. The number of hydrogen-bond acceptors (Lipinski definition) is 8. The maximum Gasteiger partial charge on any atom is 0.306 e. The van der Waals surface area contributed by atoms with Gasteiger partial charge in [0.15, 0.2) is 0 Å². The molecule has 1 saturated heterocycles. The van der Waals surface area contributed by atoms with E-state index < -0.39 is 29.2 Å². The van der Waals surface area contributed by atoms with Crippen LogP contribution in [0.3, 0.4) is 0 Å². The molecule has 3 amide bonds. The number of carbonyl (C=O) groups is 4. The lowest BCUT2D eigenvalue weighted by Crippen LogP contribution is -2.57. The number of aromatic nitrogens is 1. The summed E-state index contributed by atoms with van der Waals surface area (Å²) in [7, 11) is 0. The number of rotatable bonds is 14. The average molecular weight is 657 g/mol. The number of ether oxygens (including phenoxy) is 1. The zero-order chi connectivity index (χ0) is 34.1. The number of esters is 1. The van der Waals surface area contributed by atoms with Gasteiger partial charge in [0, 0.05) is 32.4 Å². The van der Waals surface area contributed by atoms with Crippen LogP contribution in [-0.2, 0) is 30.5 Å². The van der Waals surface area contributed by atoms with Gasteiger partial charge in [-0.05, 0) is 57.1 Å². The number of aryl methyl sites for hydroxylation is 1. The molecule has 0 radical (unpaired) electrons. The highest BCUT2D eigenvalue weighted by Gasteiger charge is 2.44. The number of hydrogen-bond donors (Lipinski definition) is 3. The molecule has 0 spiro atoms. The molecule has 3 rings (SSSR count). The van der Waals surface area contributed by atoms with Crippen molar-refractivity contribution in [3.05, 3.63) is 41.0 Å². The van der Waals surface area contributed by atoms with Gasteiger partial charge in [-0.15, -0.1) is 11.3 Å². The Morgan fingerprint density at radius 3 is 2.22 bits per heavy atom. The summed E-state index contributed by atoms with van der Waals surface area (Å²) in [6.45, 7) is 13.5. The van der Waals surface area contributed by atoms with Crippen molar-refractivity contribution in [1.82, 2.24) is 20.5 Å². The van der Waals surface area contributed by atoms with Gasteiger partial charge in [-0.2, -0.15) is 0 Å². The van der Waals surface area contributed by atoms with E-state index in [0.29, 0.717) is 12.8 Å². The molecule has 46 heavy (non-hydrogen) atoms. The van der Waals surface area contributed by atoms with Crippen LogP contribution >= 0.6 is 11.3 Å². The predicted octanol–water partition coefficient (Wildman–Crippen LogP) is 5.30. The lowest BCUT2D eigenvalue weighted by Gasteiger charge is -2.35. The second-order valence-corrected chi connectivity index (χ2v) is 15.2. The molecule has 0 bridgehead atoms. The van der Waals surface area contributed by atoms with Gasteiger partial charge in [-0.25, -0.2) is 4.98 Å². The minimum atomic E-state index is -0.850. The molecule has 0 saturated carbocycles. The molecule has 2 heterocycles.